The fourth-order valence-corrected chi connectivity index (χ4v) is 3.67. The van der Waals surface area contributed by atoms with Crippen LogP contribution in [-0.4, -0.2) is 19.1 Å². The summed E-state index contributed by atoms with van der Waals surface area (Å²) in [6.45, 7) is 0. The lowest BCUT2D eigenvalue weighted by Crippen LogP contribution is -2.17. The Bertz CT molecular complexity index is 611. The molecule has 106 valence electrons. The molecule has 20 heavy (non-hydrogen) atoms. The van der Waals surface area contributed by atoms with Gasteiger partial charge in [-0.05, 0) is 31.4 Å². The van der Waals surface area contributed by atoms with Crippen LogP contribution in [0.5, 0.6) is 5.75 Å². The van der Waals surface area contributed by atoms with Gasteiger partial charge in [-0.2, -0.15) is 0 Å². The van der Waals surface area contributed by atoms with Crippen molar-refractivity contribution < 1.29 is 4.74 Å². The minimum Gasteiger partial charge on any atom is -0.497 e. The van der Waals surface area contributed by atoms with Crippen molar-refractivity contribution in [2.45, 2.75) is 25.3 Å². The van der Waals surface area contributed by atoms with Gasteiger partial charge in [0.15, 0.2) is 5.13 Å². The molecule has 3 rings (SSSR count). The number of hydrogen-bond acceptors (Lipinski definition) is 5. The number of rotatable bonds is 3. The summed E-state index contributed by atoms with van der Waals surface area (Å²) in [5.41, 5.74) is 8.31. The summed E-state index contributed by atoms with van der Waals surface area (Å²) >= 11 is 1.75. The van der Waals surface area contributed by atoms with E-state index in [4.69, 9.17) is 15.5 Å². The van der Waals surface area contributed by atoms with E-state index in [0.29, 0.717) is 0 Å². The van der Waals surface area contributed by atoms with Crippen molar-refractivity contribution in [1.29, 1.82) is 0 Å². The largest absolute Gasteiger partial charge is 0.497 e. The van der Waals surface area contributed by atoms with Crippen LogP contribution >= 0.6 is 11.3 Å². The Kier molecular flexibility index (Phi) is 3.63. The van der Waals surface area contributed by atoms with Crippen LogP contribution in [0.4, 0.5) is 10.8 Å². The summed E-state index contributed by atoms with van der Waals surface area (Å²) in [6, 6.07) is 8.11. The van der Waals surface area contributed by atoms with Crippen molar-refractivity contribution in [1.82, 2.24) is 4.98 Å². The Morgan fingerprint density at radius 3 is 3.05 bits per heavy atom. The van der Waals surface area contributed by atoms with E-state index >= 15 is 0 Å². The molecule has 0 amide bonds. The average molecular weight is 289 g/mol. The first-order chi connectivity index (χ1) is 9.69. The zero-order chi connectivity index (χ0) is 14.1. The minimum atomic E-state index is 0.0995. The van der Waals surface area contributed by atoms with Crippen molar-refractivity contribution >= 4 is 22.2 Å². The Morgan fingerprint density at radius 2 is 2.30 bits per heavy atom. The van der Waals surface area contributed by atoms with Gasteiger partial charge in [0, 0.05) is 29.7 Å². The van der Waals surface area contributed by atoms with Gasteiger partial charge < -0.3 is 15.4 Å². The molecule has 2 N–H and O–H groups in total. The van der Waals surface area contributed by atoms with Gasteiger partial charge in [-0.15, -0.1) is 11.3 Å². The third-order valence-corrected chi connectivity index (χ3v) is 4.92. The molecule has 1 unspecified atom stereocenters. The summed E-state index contributed by atoms with van der Waals surface area (Å²) in [5, 5.41) is 1.00. The molecule has 1 aromatic heterocycles. The molecule has 1 heterocycles. The molecule has 0 fully saturated rings. The van der Waals surface area contributed by atoms with E-state index in [1.54, 1.807) is 18.4 Å². The number of nitrogens with zero attached hydrogens (tertiary/aromatic N) is 2. The number of nitrogens with two attached hydrogens (primary N) is 1. The smallest absolute Gasteiger partial charge is 0.190 e. The van der Waals surface area contributed by atoms with Gasteiger partial charge in [-0.3, -0.25) is 0 Å². The third-order valence-electron chi connectivity index (χ3n) is 3.71. The molecule has 2 aromatic rings. The van der Waals surface area contributed by atoms with Crippen LogP contribution in [0.25, 0.3) is 0 Å². The lowest BCUT2D eigenvalue weighted by atomic mass is 9.99. The fraction of sp³-hybridized carbons (Fsp3) is 0.400. The molecule has 0 bridgehead atoms. The molecular weight excluding hydrogens is 270 g/mol. The quantitative estimate of drug-likeness (QED) is 0.942. The predicted molar refractivity (Wildman–Crippen MR) is 83.0 cm³/mol. The first-order valence-corrected chi connectivity index (χ1v) is 7.63. The monoisotopic (exact) mass is 289 g/mol. The Hall–Kier alpha value is -1.59. The zero-order valence-corrected chi connectivity index (χ0v) is 12.6. The number of thiazole rings is 1. The predicted octanol–water partition coefficient (Wildman–Crippen LogP) is 3.26. The van der Waals surface area contributed by atoms with E-state index in [9.17, 15) is 0 Å². The maximum absolute atomic E-state index is 6.15. The molecule has 4 nitrogen and oxygen atoms in total. The summed E-state index contributed by atoms with van der Waals surface area (Å²) in [6.07, 6.45) is 3.31. The standard InChI is InChI=1S/C15H19N3OS/c1-18(10-5-3-6-11(9-10)19-2)15-17-14-12(16)7-4-8-13(14)20-15/h3,5-6,9,12H,4,7-8,16H2,1-2H3. The molecule has 0 radical (unpaired) electrons. The van der Waals surface area contributed by atoms with Gasteiger partial charge in [0.1, 0.15) is 5.75 Å². The van der Waals surface area contributed by atoms with Crippen LogP contribution in [0, 0.1) is 0 Å². The Labute approximate surface area is 123 Å². The maximum Gasteiger partial charge on any atom is 0.190 e. The molecule has 1 aliphatic rings. The van der Waals surface area contributed by atoms with E-state index in [1.807, 2.05) is 25.2 Å². The van der Waals surface area contributed by atoms with Gasteiger partial charge in [0.05, 0.1) is 12.8 Å². The van der Waals surface area contributed by atoms with Crippen molar-refractivity contribution in [2.24, 2.45) is 5.73 Å². The van der Waals surface area contributed by atoms with Crippen molar-refractivity contribution in [3.63, 3.8) is 0 Å². The Balaban J connectivity index is 1.92. The Morgan fingerprint density at radius 1 is 1.45 bits per heavy atom. The molecule has 1 atom stereocenters. The van der Waals surface area contributed by atoms with Crippen LogP contribution < -0.4 is 15.4 Å². The summed E-state index contributed by atoms with van der Waals surface area (Å²) in [5.74, 6) is 0.854. The molecule has 0 saturated carbocycles. The zero-order valence-electron chi connectivity index (χ0n) is 11.8. The summed E-state index contributed by atoms with van der Waals surface area (Å²) in [7, 11) is 3.71. The topological polar surface area (TPSA) is 51.4 Å². The van der Waals surface area contributed by atoms with Gasteiger partial charge in [0.2, 0.25) is 0 Å². The van der Waals surface area contributed by atoms with Crippen LogP contribution in [0.2, 0.25) is 0 Å². The molecule has 0 saturated heterocycles. The van der Waals surface area contributed by atoms with E-state index in [2.05, 4.69) is 11.0 Å². The number of benzene rings is 1. The van der Waals surface area contributed by atoms with Gasteiger partial charge in [-0.1, -0.05) is 6.07 Å². The van der Waals surface area contributed by atoms with Crippen LogP contribution in [0.1, 0.15) is 29.5 Å². The molecule has 0 spiro atoms. The third kappa shape index (κ3) is 2.39. The second-order valence-electron chi connectivity index (χ2n) is 5.06. The highest BCUT2D eigenvalue weighted by Gasteiger charge is 2.23. The summed E-state index contributed by atoms with van der Waals surface area (Å²) < 4.78 is 5.28. The second-order valence-corrected chi connectivity index (χ2v) is 6.13. The number of aromatic nitrogens is 1. The van der Waals surface area contributed by atoms with E-state index in [0.717, 1.165) is 35.1 Å². The molecule has 0 aliphatic heterocycles. The van der Waals surface area contributed by atoms with E-state index in [-0.39, 0.29) is 6.04 Å². The number of fused-ring (bicyclic) bond motifs is 1. The number of hydrogen-bond donors (Lipinski definition) is 1. The van der Waals surface area contributed by atoms with Crippen LogP contribution in [0.3, 0.4) is 0 Å². The van der Waals surface area contributed by atoms with Crippen LogP contribution in [-0.2, 0) is 6.42 Å². The SMILES string of the molecule is COc1cccc(N(C)c2nc3c(s2)CCCC3N)c1. The number of methoxy groups -OCH3 is 1. The van der Waals surface area contributed by atoms with E-state index < -0.39 is 0 Å². The second kappa shape index (κ2) is 5.42. The lowest BCUT2D eigenvalue weighted by molar-refractivity contribution is 0.415. The van der Waals surface area contributed by atoms with Crippen molar-refractivity contribution in [3.8, 4) is 5.75 Å². The number of aryl methyl sites for hydroxylation is 1. The van der Waals surface area contributed by atoms with Crippen molar-refractivity contribution in [3.05, 3.63) is 34.8 Å². The normalized spacial score (nSPS) is 17.6. The highest BCUT2D eigenvalue weighted by molar-refractivity contribution is 7.15. The highest BCUT2D eigenvalue weighted by Crippen LogP contribution is 2.37. The van der Waals surface area contributed by atoms with Gasteiger partial charge >= 0.3 is 0 Å². The van der Waals surface area contributed by atoms with Gasteiger partial charge in [-0.25, -0.2) is 4.98 Å². The first kappa shape index (κ1) is 13.4. The maximum atomic E-state index is 6.15. The minimum absolute atomic E-state index is 0.0995. The van der Waals surface area contributed by atoms with Crippen molar-refractivity contribution in [2.75, 3.05) is 19.1 Å². The molecular formula is C15H19N3OS. The highest BCUT2D eigenvalue weighted by atomic mass is 32.1. The average Bonchev–Trinajstić information content (AvgIpc) is 2.92. The number of anilines is 2. The van der Waals surface area contributed by atoms with E-state index in [1.165, 1.54) is 11.3 Å². The summed E-state index contributed by atoms with van der Waals surface area (Å²) in [4.78, 5) is 8.18. The molecule has 1 aliphatic carbocycles. The molecule has 5 heteroatoms. The fourth-order valence-electron chi connectivity index (χ4n) is 2.51. The van der Waals surface area contributed by atoms with Crippen LogP contribution in [0.15, 0.2) is 24.3 Å². The molecule has 1 aromatic carbocycles. The number of ether oxygens (including phenoxy) is 1. The first-order valence-electron chi connectivity index (χ1n) is 6.82. The lowest BCUT2D eigenvalue weighted by Gasteiger charge is -2.17. The van der Waals surface area contributed by atoms with Gasteiger partial charge in [0.25, 0.3) is 0 Å².